The molecule has 1 rings (SSSR count). The van der Waals surface area contributed by atoms with E-state index in [0.717, 1.165) is 11.3 Å². The third-order valence-electron chi connectivity index (χ3n) is 1.35. The minimum atomic E-state index is 0.405. The van der Waals surface area contributed by atoms with Crippen LogP contribution in [0.5, 0.6) is 5.75 Å². The Morgan fingerprint density at radius 2 is 2.09 bits per heavy atom. The van der Waals surface area contributed by atoms with E-state index < -0.39 is 0 Å². The molecule has 1 aromatic carbocycles. The molecule has 3 heteroatoms. The molecule has 0 unspecified atom stereocenters. The first-order valence-corrected chi connectivity index (χ1v) is 4.00. The van der Waals surface area contributed by atoms with Crippen LogP contribution < -0.4 is 4.74 Å². The van der Waals surface area contributed by atoms with Crippen LogP contribution in [0, 0.1) is 5.41 Å². The monoisotopic (exact) mass is 214 g/mol. The van der Waals surface area contributed by atoms with Crippen molar-refractivity contribution in [3.05, 3.63) is 29.8 Å². The van der Waals surface area contributed by atoms with Gasteiger partial charge in [0.1, 0.15) is 0 Å². The van der Waals surface area contributed by atoms with Crippen LogP contribution >= 0.6 is 0 Å². The third kappa shape index (κ3) is 1.82. The Bertz CT molecular complexity index is 273. The normalized spacial score (nSPS) is 9.18. The number of ether oxygens (including phenoxy) is 1. The van der Waals surface area contributed by atoms with Gasteiger partial charge in [-0.05, 0) is 0 Å². The Kier molecular flexibility index (Phi) is 2.69. The fraction of sp³-hybridized carbons (Fsp3) is 0.125. The molecule has 0 aromatic heterocycles. The molecule has 0 bridgehead atoms. The van der Waals surface area contributed by atoms with Gasteiger partial charge in [0, 0.05) is 0 Å². The zero-order valence-corrected chi connectivity index (χ0v) is 7.84. The summed E-state index contributed by atoms with van der Waals surface area (Å²) in [7, 11) is 1.60. The van der Waals surface area contributed by atoms with E-state index in [9.17, 15) is 0 Å². The molecule has 0 fully saturated rings. The summed E-state index contributed by atoms with van der Waals surface area (Å²) >= 11 is 2.63. The van der Waals surface area contributed by atoms with Crippen molar-refractivity contribution in [2.24, 2.45) is 0 Å². The summed E-state index contributed by atoms with van der Waals surface area (Å²) in [6, 6.07) is 7.44. The zero-order chi connectivity index (χ0) is 8.27. The summed E-state index contributed by atoms with van der Waals surface area (Å²) in [5, 5.41) is 7.34. The van der Waals surface area contributed by atoms with Crippen LogP contribution in [-0.4, -0.2) is 27.7 Å². The Labute approximate surface area is 73.9 Å². The van der Waals surface area contributed by atoms with Crippen LogP contribution in [0.25, 0.3) is 0 Å². The Hall–Kier alpha value is -0.791. The second-order valence-corrected chi connectivity index (χ2v) is 2.89. The van der Waals surface area contributed by atoms with E-state index >= 15 is 0 Å². The van der Waals surface area contributed by atoms with Gasteiger partial charge in [-0.3, -0.25) is 0 Å². The van der Waals surface area contributed by atoms with Crippen LogP contribution in [0.4, 0.5) is 0 Å². The molecule has 1 N–H and O–H groups in total. The Morgan fingerprint density at radius 3 is 2.55 bits per heavy atom. The second kappa shape index (κ2) is 3.56. The van der Waals surface area contributed by atoms with Crippen molar-refractivity contribution in [1.82, 2.24) is 0 Å². The van der Waals surface area contributed by atoms with E-state index in [2.05, 4.69) is 16.0 Å². The van der Waals surface area contributed by atoms with Crippen molar-refractivity contribution in [3.8, 4) is 5.75 Å². The molecule has 1 radical (unpaired) electrons. The van der Waals surface area contributed by atoms with Gasteiger partial charge in [-0.15, -0.1) is 0 Å². The van der Waals surface area contributed by atoms with Crippen molar-refractivity contribution >= 4 is 20.6 Å². The third-order valence-corrected chi connectivity index (χ3v) is 1.81. The second-order valence-electron chi connectivity index (χ2n) is 2.03. The summed E-state index contributed by atoms with van der Waals surface area (Å²) in [5.74, 6) is 0.733. The molecule has 0 heterocycles. The molecule has 0 aliphatic heterocycles. The predicted octanol–water partition coefficient (Wildman–Crippen LogP) is 1.19. The number of methoxy groups -OCH3 is 1. The predicted molar refractivity (Wildman–Crippen MR) is 45.6 cm³/mol. The number of hydrogen-bond donors (Lipinski definition) is 1. The van der Waals surface area contributed by atoms with Gasteiger partial charge in [-0.25, -0.2) is 0 Å². The maximum absolute atomic E-state index is 7.34. The molecular weight excluding hydrogens is 205 g/mol. The SMILES string of the molecule is COc1ccccc1C(=N)[Se]. The number of nitrogens with one attached hydrogen (secondary N) is 1. The topological polar surface area (TPSA) is 33.1 Å². The number of para-hydroxylation sites is 1. The van der Waals surface area contributed by atoms with Gasteiger partial charge in [0.2, 0.25) is 0 Å². The Morgan fingerprint density at radius 1 is 1.45 bits per heavy atom. The van der Waals surface area contributed by atoms with Crippen molar-refractivity contribution in [2.75, 3.05) is 7.11 Å². The molecule has 0 amide bonds. The van der Waals surface area contributed by atoms with Gasteiger partial charge in [0.25, 0.3) is 0 Å². The van der Waals surface area contributed by atoms with E-state index in [1.54, 1.807) is 7.11 Å². The first-order valence-electron chi connectivity index (χ1n) is 3.14. The van der Waals surface area contributed by atoms with Crippen LogP contribution in [0.2, 0.25) is 0 Å². The quantitative estimate of drug-likeness (QED) is 0.581. The minimum absolute atomic E-state index is 0.405. The molecular formula is C8H8NOSe. The van der Waals surface area contributed by atoms with E-state index in [1.807, 2.05) is 24.3 Å². The van der Waals surface area contributed by atoms with Crippen molar-refractivity contribution in [2.45, 2.75) is 0 Å². The van der Waals surface area contributed by atoms with Gasteiger partial charge < -0.3 is 0 Å². The van der Waals surface area contributed by atoms with Gasteiger partial charge >= 0.3 is 73.5 Å². The zero-order valence-electron chi connectivity index (χ0n) is 6.13. The average molecular weight is 213 g/mol. The van der Waals surface area contributed by atoms with Gasteiger partial charge in [0.15, 0.2) is 0 Å². The van der Waals surface area contributed by atoms with Crippen LogP contribution in [0.15, 0.2) is 24.3 Å². The van der Waals surface area contributed by atoms with E-state index in [1.165, 1.54) is 0 Å². The van der Waals surface area contributed by atoms with Gasteiger partial charge in [0.05, 0.1) is 0 Å². The first-order chi connectivity index (χ1) is 5.25. The van der Waals surface area contributed by atoms with Crippen LogP contribution in [-0.2, 0) is 0 Å². The number of rotatable bonds is 2. The fourth-order valence-corrected chi connectivity index (χ4v) is 1.19. The van der Waals surface area contributed by atoms with E-state index in [-0.39, 0.29) is 0 Å². The summed E-state index contributed by atoms with van der Waals surface area (Å²) in [4.78, 5) is 0. The summed E-state index contributed by atoms with van der Waals surface area (Å²) in [6.07, 6.45) is 0. The van der Waals surface area contributed by atoms with Crippen LogP contribution in [0.1, 0.15) is 5.56 Å². The van der Waals surface area contributed by atoms with Gasteiger partial charge in [-0.1, -0.05) is 0 Å². The fourth-order valence-electron chi connectivity index (χ4n) is 0.832. The van der Waals surface area contributed by atoms with E-state index in [0.29, 0.717) is 4.61 Å². The average Bonchev–Trinajstić information content (AvgIpc) is 2.04. The summed E-state index contributed by atoms with van der Waals surface area (Å²) < 4.78 is 5.45. The van der Waals surface area contributed by atoms with Gasteiger partial charge in [-0.2, -0.15) is 0 Å². The number of hydrogen-bond acceptors (Lipinski definition) is 2. The molecule has 1 aromatic rings. The molecule has 0 aliphatic rings. The van der Waals surface area contributed by atoms with Crippen molar-refractivity contribution in [3.63, 3.8) is 0 Å². The molecule has 0 saturated carbocycles. The van der Waals surface area contributed by atoms with Crippen LogP contribution in [0.3, 0.4) is 0 Å². The summed E-state index contributed by atoms with van der Waals surface area (Å²) in [5.41, 5.74) is 0.801. The number of benzene rings is 1. The molecule has 2 nitrogen and oxygen atoms in total. The Balaban J connectivity index is 3.12. The molecule has 0 atom stereocenters. The first kappa shape index (κ1) is 8.31. The van der Waals surface area contributed by atoms with Crippen molar-refractivity contribution < 1.29 is 4.74 Å². The standard InChI is InChI=1S/C8H8NOSe/c1-10-7-5-3-2-4-6(7)8(9)11/h2-5,9H,1H3. The van der Waals surface area contributed by atoms with E-state index in [4.69, 9.17) is 10.1 Å². The maximum atomic E-state index is 7.34. The molecule has 11 heavy (non-hydrogen) atoms. The molecule has 57 valence electrons. The molecule has 0 spiro atoms. The molecule has 0 aliphatic carbocycles. The molecule has 0 saturated heterocycles. The van der Waals surface area contributed by atoms with Crippen molar-refractivity contribution in [1.29, 1.82) is 5.41 Å². The summed E-state index contributed by atoms with van der Waals surface area (Å²) in [6.45, 7) is 0.